The molecule has 0 radical (unpaired) electrons. The molecule has 0 fully saturated rings. The molecule has 0 rings (SSSR count). The van der Waals surface area contributed by atoms with Crippen molar-refractivity contribution in [2.45, 2.75) is 45.6 Å². The zero-order valence-corrected chi connectivity index (χ0v) is 12.6. The van der Waals surface area contributed by atoms with Crippen molar-refractivity contribution in [1.82, 2.24) is 4.90 Å². The van der Waals surface area contributed by atoms with Crippen molar-refractivity contribution in [3.05, 3.63) is 0 Å². The summed E-state index contributed by atoms with van der Waals surface area (Å²) in [7, 11) is 1.92. The summed E-state index contributed by atoms with van der Waals surface area (Å²) in [5.41, 5.74) is 5.50. The van der Waals surface area contributed by atoms with Crippen LogP contribution in [-0.4, -0.2) is 42.4 Å². The van der Waals surface area contributed by atoms with Gasteiger partial charge in [0.15, 0.2) is 0 Å². The van der Waals surface area contributed by atoms with Crippen LogP contribution in [0.2, 0.25) is 0 Å². The number of rotatable bonds is 9. The average molecular weight is 260 g/mol. The van der Waals surface area contributed by atoms with Gasteiger partial charge in [-0.25, -0.2) is 0 Å². The SMILES string of the molecule is CSCCC(C)N(C)C(=O)CCC(C)CCN. The van der Waals surface area contributed by atoms with Gasteiger partial charge in [-0.1, -0.05) is 6.92 Å². The van der Waals surface area contributed by atoms with Gasteiger partial charge in [-0.15, -0.1) is 0 Å². The van der Waals surface area contributed by atoms with Gasteiger partial charge in [0.05, 0.1) is 0 Å². The van der Waals surface area contributed by atoms with Crippen LogP contribution in [0.3, 0.4) is 0 Å². The van der Waals surface area contributed by atoms with E-state index in [0.29, 0.717) is 18.4 Å². The van der Waals surface area contributed by atoms with Gasteiger partial charge in [-0.05, 0) is 50.7 Å². The van der Waals surface area contributed by atoms with Crippen molar-refractivity contribution in [1.29, 1.82) is 0 Å². The van der Waals surface area contributed by atoms with Gasteiger partial charge in [0.1, 0.15) is 0 Å². The molecule has 0 saturated heterocycles. The van der Waals surface area contributed by atoms with E-state index in [-0.39, 0.29) is 5.91 Å². The number of carbonyl (C=O) groups is 1. The predicted octanol–water partition coefficient (Wildman–Crippen LogP) is 2.35. The van der Waals surface area contributed by atoms with Crippen LogP contribution in [0.5, 0.6) is 0 Å². The van der Waals surface area contributed by atoms with Gasteiger partial charge < -0.3 is 10.6 Å². The standard InChI is InChI=1S/C13H28N2OS/c1-11(7-9-14)5-6-13(16)15(3)12(2)8-10-17-4/h11-12H,5-10,14H2,1-4H3. The molecule has 4 heteroatoms. The Morgan fingerprint density at radius 2 is 1.94 bits per heavy atom. The third kappa shape index (κ3) is 7.66. The van der Waals surface area contributed by atoms with Crippen LogP contribution < -0.4 is 5.73 Å². The molecule has 0 aromatic rings. The highest BCUT2D eigenvalue weighted by Gasteiger charge is 2.15. The van der Waals surface area contributed by atoms with Crippen LogP contribution in [0.4, 0.5) is 0 Å². The van der Waals surface area contributed by atoms with Crippen molar-refractivity contribution < 1.29 is 4.79 Å². The molecule has 1 amide bonds. The number of thioether (sulfide) groups is 1. The first-order valence-electron chi connectivity index (χ1n) is 6.47. The van der Waals surface area contributed by atoms with Gasteiger partial charge in [0, 0.05) is 19.5 Å². The molecule has 0 saturated carbocycles. The summed E-state index contributed by atoms with van der Waals surface area (Å²) in [5, 5.41) is 0. The monoisotopic (exact) mass is 260 g/mol. The lowest BCUT2D eigenvalue weighted by molar-refractivity contribution is -0.132. The van der Waals surface area contributed by atoms with Crippen LogP contribution in [0, 0.1) is 5.92 Å². The fourth-order valence-corrected chi connectivity index (χ4v) is 2.28. The maximum Gasteiger partial charge on any atom is 0.222 e. The number of hydrogen-bond donors (Lipinski definition) is 1. The van der Waals surface area contributed by atoms with E-state index in [4.69, 9.17) is 5.73 Å². The largest absolute Gasteiger partial charge is 0.343 e. The number of carbonyl (C=O) groups excluding carboxylic acids is 1. The summed E-state index contributed by atoms with van der Waals surface area (Å²) >= 11 is 1.83. The van der Waals surface area contributed by atoms with E-state index in [1.165, 1.54) is 0 Å². The zero-order chi connectivity index (χ0) is 13.3. The quantitative estimate of drug-likeness (QED) is 0.692. The Morgan fingerprint density at radius 1 is 1.29 bits per heavy atom. The second-order valence-corrected chi connectivity index (χ2v) is 5.84. The number of amides is 1. The first kappa shape index (κ1) is 16.8. The predicted molar refractivity (Wildman–Crippen MR) is 77.3 cm³/mol. The molecule has 0 aliphatic carbocycles. The summed E-state index contributed by atoms with van der Waals surface area (Å²) < 4.78 is 0. The topological polar surface area (TPSA) is 46.3 Å². The minimum Gasteiger partial charge on any atom is -0.343 e. The van der Waals surface area contributed by atoms with Crippen molar-refractivity contribution in [3.8, 4) is 0 Å². The molecule has 2 unspecified atom stereocenters. The van der Waals surface area contributed by atoms with Crippen molar-refractivity contribution in [2.75, 3.05) is 25.6 Å². The third-order valence-corrected chi connectivity index (χ3v) is 3.95. The van der Waals surface area contributed by atoms with Gasteiger partial charge in [-0.3, -0.25) is 4.79 Å². The third-order valence-electron chi connectivity index (χ3n) is 3.30. The molecule has 17 heavy (non-hydrogen) atoms. The zero-order valence-electron chi connectivity index (χ0n) is 11.7. The Labute approximate surface area is 111 Å². The first-order chi connectivity index (χ1) is 8.02. The van der Waals surface area contributed by atoms with E-state index < -0.39 is 0 Å². The van der Waals surface area contributed by atoms with E-state index in [0.717, 1.165) is 31.6 Å². The van der Waals surface area contributed by atoms with E-state index in [9.17, 15) is 4.79 Å². The van der Waals surface area contributed by atoms with Crippen LogP contribution >= 0.6 is 11.8 Å². The Kier molecular flexibility index (Phi) is 9.65. The Morgan fingerprint density at radius 3 is 2.47 bits per heavy atom. The molecular weight excluding hydrogens is 232 g/mol. The molecule has 0 aliphatic heterocycles. The molecule has 0 heterocycles. The Bertz CT molecular complexity index is 212. The second-order valence-electron chi connectivity index (χ2n) is 4.86. The maximum absolute atomic E-state index is 11.9. The van der Waals surface area contributed by atoms with E-state index in [2.05, 4.69) is 20.1 Å². The lowest BCUT2D eigenvalue weighted by Gasteiger charge is -2.25. The maximum atomic E-state index is 11.9. The summed E-state index contributed by atoms with van der Waals surface area (Å²) in [5.74, 6) is 1.93. The molecule has 2 N–H and O–H groups in total. The van der Waals surface area contributed by atoms with E-state index in [1.54, 1.807) is 0 Å². The lowest BCUT2D eigenvalue weighted by Crippen LogP contribution is -2.35. The summed E-state index contributed by atoms with van der Waals surface area (Å²) in [6.45, 7) is 5.00. The molecule has 3 nitrogen and oxygen atoms in total. The van der Waals surface area contributed by atoms with Crippen LogP contribution in [0.25, 0.3) is 0 Å². The highest BCUT2D eigenvalue weighted by molar-refractivity contribution is 7.98. The fraction of sp³-hybridized carbons (Fsp3) is 0.923. The second kappa shape index (κ2) is 9.77. The highest BCUT2D eigenvalue weighted by atomic mass is 32.2. The lowest BCUT2D eigenvalue weighted by atomic mass is 10.0. The van der Waals surface area contributed by atoms with E-state index >= 15 is 0 Å². The van der Waals surface area contributed by atoms with Crippen molar-refractivity contribution in [3.63, 3.8) is 0 Å². The molecular formula is C13H28N2OS. The van der Waals surface area contributed by atoms with Gasteiger partial charge in [-0.2, -0.15) is 11.8 Å². The minimum atomic E-state index is 0.266. The van der Waals surface area contributed by atoms with Crippen LogP contribution in [0.1, 0.15) is 39.5 Å². The molecule has 2 atom stereocenters. The molecule has 0 bridgehead atoms. The highest BCUT2D eigenvalue weighted by Crippen LogP contribution is 2.13. The number of nitrogens with zero attached hydrogens (tertiary/aromatic N) is 1. The molecule has 0 aliphatic rings. The molecule has 0 aromatic heterocycles. The first-order valence-corrected chi connectivity index (χ1v) is 7.87. The molecule has 0 aromatic carbocycles. The summed E-state index contributed by atoms with van der Waals surface area (Å²) in [6, 6.07) is 0.347. The van der Waals surface area contributed by atoms with Crippen molar-refractivity contribution >= 4 is 17.7 Å². The van der Waals surface area contributed by atoms with Gasteiger partial charge >= 0.3 is 0 Å². The van der Waals surface area contributed by atoms with E-state index in [1.807, 2.05) is 23.7 Å². The minimum absolute atomic E-state index is 0.266. The van der Waals surface area contributed by atoms with Crippen LogP contribution in [0.15, 0.2) is 0 Å². The molecule has 0 spiro atoms. The van der Waals surface area contributed by atoms with Gasteiger partial charge in [0.25, 0.3) is 0 Å². The fourth-order valence-electron chi connectivity index (χ4n) is 1.70. The average Bonchev–Trinajstić information content (AvgIpc) is 2.32. The van der Waals surface area contributed by atoms with Gasteiger partial charge in [0.2, 0.25) is 5.91 Å². The van der Waals surface area contributed by atoms with Crippen molar-refractivity contribution in [2.24, 2.45) is 11.7 Å². The number of hydrogen-bond acceptors (Lipinski definition) is 3. The Hall–Kier alpha value is -0.220. The summed E-state index contributed by atoms with van der Waals surface area (Å²) in [6.07, 6.45) is 5.79. The number of nitrogens with two attached hydrogens (primary N) is 1. The summed E-state index contributed by atoms with van der Waals surface area (Å²) in [4.78, 5) is 13.8. The smallest absolute Gasteiger partial charge is 0.222 e. The molecule has 102 valence electrons. The Balaban J connectivity index is 3.87. The van der Waals surface area contributed by atoms with Crippen LogP contribution in [-0.2, 0) is 4.79 Å². The normalized spacial score (nSPS) is 14.4.